The maximum atomic E-state index is 11.2. The normalized spacial score (nSPS) is 50.4. The fourth-order valence-corrected chi connectivity index (χ4v) is 8.78. The molecule has 4 aliphatic rings. The molecule has 4 aliphatic carbocycles. The molecule has 2 N–H and O–H groups in total. The molecule has 154 valence electrons. The van der Waals surface area contributed by atoms with Gasteiger partial charge in [0.25, 0.3) is 0 Å². The SMILES string of the molecule is C[C@H](CCC(=O)O)C1CCC2C3C(CC[C@@]21C)[C@@]1(C)CCCC[C@H]1C[C@@H]3O. The molecule has 0 aromatic heterocycles. The molecular formula is C24H40O3. The van der Waals surface area contributed by atoms with Crippen molar-refractivity contribution in [2.45, 2.75) is 97.5 Å². The number of fused-ring (bicyclic) bond motifs is 5. The van der Waals surface area contributed by atoms with Crippen LogP contribution in [-0.2, 0) is 4.79 Å². The number of rotatable bonds is 4. The summed E-state index contributed by atoms with van der Waals surface area (Å²) in [4.78, 5) is 11.0. The summed E-state index contributed by atoms with van der Waals surface area (Å²) in [6, 6.07) is 0. The van der Waals surface area contributed by atoms with Crippen molar-refractivity contribution < 1.29 is 15.0 Å². The molecule has 3 heteroatoms. The van der Waals surface area contributed by atoms with Crippen LogP contribution in [0.4, 0.5) is 0 Å². The van der Waals surface area contributed by atoms with Gasteiger partial charge in [-0.3, -0.25) is 4.79 Å². The Morgan fingerprint density at radius 2 is 1.78 bits per heavy atom. The second-order valence-electron chi connectivity index (χ2n) is 11.2. The summed E-state index contributed by atoms with van der Waals surface area (Å²) in [6.45, 7) is 7.33. The van der Waals surface area contributed by atoms with Gasteiger partial charge in [0.1, 0.15) is 0 Å². The zero-order chi connectivity index (χ0) is 19.4. The molecule has 0 spiro atoms. The van der Waals surface area contributed by atoms with Crippen molar-refractivity contribution in [3.63, 3.8) is 0 Å². The van der Waals surface area contributed by atoms with Crippen LogP contribution in [0, 0.1) is 46.3 Å². The first-order valence-corrected chi connectivity index (χ1v) is 11.7. The van der Waals surface area contributed by atoms with Crippen molar-refractivity contribution in [3.8, 4) is 0 Å². The minimum atomic E-state index is -0.663. The van der Waals surface area contributed by atoms with Crippen LogP contribution in [-0.4, -0.2) is 22.3 Å². The predicted molar refractivity (Wildman–Crippen MR) is 107 cm³/mol. The molecule has 4 fully saturated rings. The molecule has 0 saturated heterocycles. The Balaban J connectivity index is 1.56. The standard InChI is InChI=1S/C24H40O3/c1-15(7-10-21(26)27)17-8-9-18-22-19(11-13-24(17,18)3)23(2)12-5-4-6-16(23)14-20(22)25/h15-20,22,25H,4-14H2,1-3H3,(H,26,27)/t15-,16+,17?,18?,19?,20+,22?,23+,24-/m1/s1. The molecule has 0 aromatic rings. The number of aliphatic carboxylic acids is 1. The maximum absolute atomic E-state index is 11.2. The molecule has 4 rings (SSSR count). The van der Waals surface area contributed by atoms with Crippen LogP contribution in [0.25, 0.3) is 0 Å². The number of aliphatic hydroxyl groups is 1. The summed E-state index contributed by atoms with van der Waals surface area (Å²) < 4.78 is 0. The summed E-state index contributed by atoms with van der Waals surface area (Å²) in [7, 11) is 0. The van der Waals surface area contributed by atoms with Gasteiger partial charge in [-0.1, -0.05) is 33.6 Å². The Kier molecular flexibility index (Phi) is 5.15. The van der Waals surface area contributed by atoms with Gasteiger partial charge in [0.15, 0.2) is 0 Å². The van der Waals surface area contributed by atoms with E-state index in [1.54, 1.807) is 0 Å². The smallest absolute Gasteiger partial charge is 0.303 e. The van der Waals surface area contributed by atoms with Gasteiger partial charge in [-0.25, -0.2) is 0 Å². The first kappa shape index (κ1) is 19.7. The van der Waals surface area contributed by atoms with Gasteiger partial charge < -0.3 is 10.2 Å². The van der Waals surface area contributed by atoms with Crippen molar-refractivity contribution in [2.75, 3.05) is 0 Å². The van der Waals surface area contributed by atoms with Gasteiger partial charge in [-0.2, -0.15) is 0 Å². The lowest BCUT2D eigenvalue weighted by Crippen LogP contribution is -2.57. The second kappa shape index (κ2) is 7.04. The van der Waals surface area contributed by atoms with Gasteiger partial charge in [0.2, 0.25) is 0 Å². The fourth-order valence-electron chi connectivity index (χ4n) is 8.78. The van der Waals surface area contributed by atoms with Gasteiger partial charge in [0, 0.05) is 6.42 Å². The Hall–Kier alpha value is -0.570. The van der Waals surface area contributed by atoms with Gasteiger partial charge in [0.05, 0.1) is 6.10 Å². The zero-order valence-corrected chi connectivity index (χ0v) is 17.6. The third kappa shape index (κ3) is 3.07. The molecule has 0 aromatic carbocycles. The Morgan fingerprint density at radius 3 is 2.52 bits per heavy atom. The minimum Gasteiger partial charge on any atom is -0.481 e. The largest absolute Gasteiger partial charge is 0.481 e. The summed E-state index contributed by atoms with van der Waals surface area (Å²) >= 11 is 0. The maximum Gasteiger partial charge on any atom is 0.303 e. The number of carbonyl (C=O) groups is 1. The summed E-state index contributed by atoms with van der Waals surface area (Å²) in [5.41, 5.74) is 0.758. The topological polar surface area (TPSA) is 57.5 Å². The van der Waals surface area contributed by atoms with Crippen LogP contribution < -0.4 is 0 Å². The van der Waals surface area contributed by atoms with Crippen LogP contribution in [0.15, 0.2) is 0 Å². The van der Waals surface area contributed by atoms with Crippen LogP contribution in [0.2, 0.25) is 0 Å². The van der Waals surface area contributed by atoms with Crippen molar-refractivity contribution in [1.82, 2.24) is 0 Å². The average molecular weight is 377 g/mol. The number of hydrogen-bond acceptors (Lipinski definition) is 2. The van der Waals surface area contributed by atoms with Gasteiger partial charge >= 0.3 is 5.97 Å². The van der Waals surface area contributed by atoms with Crippen molar-refractivity contribution in [3.05, 3.63) is 0 Å². The van der Waals surface area contributed by atoms with E-state index in [9.17, 15) is 9.90 Å². The highest BCUT2D eigenvalue weighted by Gasteiger charge is 2.62. The van der Waals surface area contributed by atoms with Crippen molar-refractivity contribution >= 4 is 5.97 Å². The third-order valence-corrected chi connectivity index (χ3v) is 10.2. The van der Waals surface area contributed by atoms with Crippen LogP contribution in [0.5, 0.6) is 0 Å². The lowest BCUT2D eigenvalue weighted by Gasteiger charge is -2.62. The number of aliphatic hydroxyl groups excluding tert-OH is 1. The van der Waals surface area contributed by atoms with E-state index in [4.69, 9.17) is 5.11 Å². The highest BCUT2D eigenvalue weighted by atomic mass is 16.4. The van der Waals surface area contributed by atoms with E-state index < -0.39 is 5.97 Å². The van der Waals surface area contributed by atoms with E-state index in [0.717, 1.165) is 18.8 Å². The zero-order valence-electron chi connectivity index (χ0n) is 17.6. The van der Waals surface area contributed by atoms with Crippen LogP contribution in [0.1, 0.15) is 91.4 Å². The minimum absolute atomic E-state index is 0.108. The number of carboxylic acids is 1. The van der Waals surface area contributed by atoms with E-state index in [2.05, 4.69) is 20.8 Å². The molecule has 27 heavy (non-hydrogen) atoms. The molecule has 4 saturated carbocycles. The first-order chi connectivity index (χ1) is 12.8. The Labute approximate surface area is 165 Å². The molecule has 0 heterocycles. The predicted octanol–water partition coefficient (Wildman–Crippen LogP) is 5.51. The van der Waals surface area contributed by atoms with Crippen LogP contribution >= 0.6 is 0 Å². The molecule has 4 unspecified atom stereocenters. The van der Waals surface area contributed by atoms with Crippen LogP contribution in [0.3, 0.4) is 0 Å². The molecule has 0 bridgehead atoms. The van der Waals surface area contributed by atoms with E-state index in [0.29, 0.717) is 46.8 Å². The summed E-state index contributed by atoms with van der Waals surface area (Å²) in [5.74, 6) is 3.02. The number of hydrogen-bond donors (Lipinski definition) is 2. The lowest BCUT2D eigenvalue weighted by atomic mass is 9.44. The van der Waals surface area contributed by atoms with Crippen molar-refractivity contribution in [1.29, 1.82) is 0 Å². The quantitative estimate of drug-likeness (QED) is 0.680. The Morgan fingerprint density at radius 1 is 1.04 bits per heavy atom. The van der Waals surface area contributed by atoms with Gasteiger partial charge in [-0.05, 0) is 97.7 Å². The molecular weight excluding hydrogens is 336 g/mol. The third-order valence-electron chi connectivity index (χ3n) is 10.2. The highest BCUT2D eigenvalue weighted by Crippen LogP contribution is 2.68. The number of carboxylic acid groups (broad SMARTS) is 1. The Bertz CT molecular complexity index is 574. The highest BCUT2D eigenvalue weighted by molar-refractivity contribution is 5.66. The lowest BCUT2D eigenvalue weighted by molar-refractivity contribution is -0.164. The van der Waals surface area contributed by atoms with E-state index in [1.165, 1.54) is 51.4 Å². The monoisotopic (exact) mass is 376 g/mol. The molecule has 9 atom stereocenters. The molecule has 3 nitrogen and oxygen atoms in total. The summed E-state index contributed by atoms with van der Waals surface area (Å²) in [5, 5.41) is 20.3. The molecule has 0 amide bonds. The van der Waals surface area contributed by atoms with E-state index in [-0.39, 0.29) is 6.10 Å². The summed E-state index contributed by atoms with van der Waals surface area (Å²) in [6.07, 6.45) is 12.5. The van der Waals surface area contributed by atoms with E-state index in [1.807, 2.05) is 0 Å². The van der Waals surface area contributed by atoms with E-state index >= 15 is 0 Å². The van der Waals surface area contributed by atoms with Gasteiger partial charge in [-0.15, -0.1) is 0 Å². The van der Waals surface area contributed by atoms with Crippen molar-refractivity contribution in [2.24, 2.45) is 46.3 Å². The first-order valence-electron chi connectivity index (χ1n) is 11.7. The average Bonchev–Trinajstić information content (AvgIpc) is 2.97. The fraction of sp³-hybridized carbons (Fsp3) is 0.958. The molecule has 0 aliphatic heterocycles. The second-order valence-corrected chi connectivity index (χ2v) is 11.2. The molecule has 0 radical (unpaired) electrons.